The Morgan fingerprint density at radius 2 is 0.855 bits per heavy atom. The van der Waals surface area contributed by atoms with E-state index in [1.807, 2.05) is 14.1 Å². The van der Waals surface area contributed by atoms with E-state index in [9.17, 15) is 26.4 Å². The number of likely N-dealkylation sites (tertiary alicyclic amines) is 2. The van der Waals surface area contributed by atoms with E-state index >= 15 is 0 Å². The third-order valence-electron chi connectivity index (χ3n) is 12.1. The molecule has 0 unspecified atom stereocenters. The Hall–Kier alpha value is -7.86. The molecule has 4 heterocycles. The number of amides is 2. The van der Waals surface area contributed by atoms with Gasteiger partial charge in [-0.25, -0.2) is 36.8 Å². The molecule has 392 valence electrons. The smallest absolute Gasteiger partial charge is 0.263 e. The zero-order valence-corrected chi connectivity index (χ0v) is 44.4. The number of benzene rings is 6. The van der Waals surface area contributed by atoms with Gasteiger partial charge in [0, 0.05) is 49.4 Å². The molecule has 24 heteroatoms. The van der Waals surface area contributed by atoms with Gasteiger partial charge in [0.05, 0.1) is 79.6 Å². The van der Waals surface area contributed by atoms with Gasteiger partial charge < -0.3 is 40.5 Å². The van der Waals surface area contributed by atoms with Crippen molar-refractivity contribution >= 4 is 112 Å². The van der Waals surface area contributed by atoms with E-state index in [0.717, 1.165) is 26.2 Å². The van der Waals surface area contributed by atoms with Crippen LogP contribution in [0.2, 0.25) is 10.0 Å². The van der Waals surface area contributed by atoms with Gasteiger partial charge in [0.25, 0.3) is 31.9 Å². The molecular formula is C52H50Cl2N12O8S2. The van der Waals surface area contributed by atoms with Crippen LogP contribution >= 0.6 is 23.2 Å². The Morgan fingerprint density at radius 3 is 1.20 bits per heavy atom. The minimum absolute atomic E-state index is 0.0325. The second-order valence-corrected chi connectivity index (χ2v) is 22.0. The molecule has 2 aliphatic rings. The van der Waals surface area contributed by atoms with Gasteiger partial charge in [-0.3, -0.25) is 19.0 Å². The first-order valence-electron chi connectivity index (χ1n) is 23.4. The lowest BCUT2D eigenvalue weighted by Crippen LogP contribution is -2.57. The van der Waals surface area contributed by atoms with Crippen LogP contribution in [0.4, 0.5) is 34.6 Å². The van der Waals surface area contributed by atoms with E-state index in [-0.39, 0.29) is 68.1 Å². The Bertz CT molecular complexity index is 3490. The van der Waals surface area contributed by atoms with Gasteiger partial charge in [-0.2, -0.15) is 0 Å². The monoisotopic (exact) mass is 1100 g/mol. The summed E-state index contributed by atoms with van der Waals surface area (Å²) >= 11 is 12.7. The summed E-state index contributed by atoms with van der Waals surface area (Å²) in [7, 11) is -1.31. The van der Waals surface area contributed by atoms with Crippen LogP contribution in [0.1, 0.15) is 20.7 Å². The summed E-state index contributed by atoms with van der Waals surface area (Å²) < 4.78 is 69.3. The number of carbonyl (C=O) groups excluding carboxylic acids is 2. The third-order valence-corrected chi connectivity index (χ3v) is 15.4. The summed E-state index contributed by atoms with van der Waals surface area (Å²) in [6.07, 6.45) is 0. The number of nitrogens with one attached hydrogen (secondary N) is 6. The fraction of sp³-hybridized carbons (Fsp3) is 0.192. The molecule has 0 radical (unpaired) electrons. The van der Waals surface area contributed by atoms with Crippen LogP contribution < -0.4 is 40.2 Å². The molecule has 6 aromatic carbocycles. The van der Waals surface area contributed by atoms with E-state index in [1.165, 1.54) is 50.6 Å². The molecule has 20 nitrogen and oxygen atoms in total. The molecule has 0 bridgehead atoms. The van der Waals surface area contributed by atoms with E-state index in [2.05, 4.69) is 60.4 Å². The van der Waals surface area contributed by atoms with Crippen molar-refractivity contribution in [3.8, 4) is 11.5 Å². The van der Waals surface area contributed by atoms with Gasteiger partial charge >= 0.3 is 0 Å². The minimum atomic E-state index is -4.14. The predicted octanol–water partition coefficient (Wildman–Crippen LogP) is 7.76. The van der Waals surface area contributed by atoms with Gasteiger partial charge in [0.2, 0.25) is 0 Å². The van der Waals surface area contributed by atoms with Crippen molar-refractivity contribution in [2.75, 3.05) is 74.6 Å². The fourth-order valence-electron chi connectivity index (χ4n) is 8.13. The van der Waals surface area contributed by atoms with Crippen molar-refractivity contribution in [3.05, 3.63) is 155 Å². The number of halogens is 2. The second kappa shape index (κ2) is 22.5. The number of sulfonamides is 2. The highest BCUT2D eigenvalue weighted by atomic mass is 35.5. The normalized spacial score (nSPS) is 14.1. The zero-order valence-electron chi connectivity index (χ0n) is 41.2. The highest BCUT2D eigenvalue weighted by molar-refractivity contribution is 7.93. The molecule has 2 amide bonds. The number of ether oxygens (including phenoxy) is 2. The van der Waals surface area contributed by atoms with Crippen LogP contribution in [-0.2, 0) is 20.0 Å². The standard InChI is InChI=1S/2C26H25ClN6O4S/c2*1-33-14-17(15-33)28-26(34)16-6-5-7-19(12-16)38(35,36)32-25-24(29-21-8-3-4-9-22(21)30-25)31-23-13-18(37-2)10-11-20(23)27/h2*3-13,17H,14-15H2,1-2H3,(H,28,34)(H,29,31)(H,30,32). The molecular weight excluding hydrogens is 1060 g/mol. The average Bonchev–Trinajstić information content (AvgIpc) is 3.40. The first-order valence-corrected chi connectivity index (χ1v) is 27.1. The largest absolute Gasteiger partial charge is 0.497 e. The maximum Gasteiger partial charge on any atom is 0.263 e. The van der Waals surface area contributed by atoms with Crippen LogP contribution in [-0.4, -0.2) is 125 Å². The summed E-state index contributed by atoms with van der Waals surface area (Å²) in [4.78, 5) is 47.5. The van der Waals surface area contributed by atoms with Gasteiger partial charge in [-0.05, 0) is 99.0 Å². The molecule has 6 N–H and O–H groups in total. The van der Waals surface area contributed by atoms with Crippen molar-refractivity contribution in [2.45, 2.75) is 21.9 Å². The molecule has 2 fully saturated rings. The summed E-state index contributed by atoms with van der Waals surface area (Å²) in [5.74, 6) is 0.662. The van der Waals surface area contributed by atoms with Crippen LogP contribution in [0.15, 0.2) is 143 Å². The number of methoxy groups -OCH3 is 2. The number of fused-ring (bicyclic) bond motifs is 2. The van der Waals surface area contributed by atoms with Crippen molar-refractivity contribution in [2.24, 2.45) is 0 Å². The SMILES string of the molecule is COc1ccc(Cl)c(Nc2nc3ccccc3nc2NS(=O)(=O)c2cccc(C(=O)NC3CN(C)C3)c2)c1.COc1ccc(Cl)c(Nc2nc3ccccc3nc2NS(=O)(=O)c2cccc(C(=O)NC3CN(C)C3)c2)c1. The summed E-state index contributed by atoms with van der Waals surface area (Å²) in [5.41, 5.74) is 3.49. The highest BCUT2D eigenvalue weighted by Gasteiger charge is 2.28. The lowest BCUT2D eigenvalue weighted by molar-refractivity contribution is 0.0849. The van der Waals surface area contributed by atoms with Crippen molar-refractivity contribution in [1.82, 2.24) is 40.4 Å². The predicted molar refractivity (Wildman–Crippen MR) is 294 cm³/mol. The number of rotatable bonds is 16. The molecule has 2 aliphatic heterocycles. The van der Waals surface area contributed by atoms with Crippen LogP contribution in [0.3, 0.4) is 0 Å². The van der Waals surface area contributed by atoms with Gasteiger partial charge in [0.15, 0.2) is 23.3 Å². The summed E-state index contributed by atoms with van der Waals surface area (Å²) in [5, 5.41) is 12.7. The molecule has 10 rings (SSSR count). The highest BCUT2D eigenvalue weighted by Crippen LogP contribution is 2.35. The van der Waals surface area contributed by atoms with Gasteiger partial charge in [0.1, 0.15) is 11.5 Å². The topological polar surface area (TPSA) is 251 Å². The number of nitrogens with zero attached hydrogens (tertiary/aromatic N) is 6. The van der Waals surface area contributed by atoms with Crippen LogP contribution in [0.5, 0.6) is 11.5 Å². The number of likely N-dealkylation sites (N-methyl/N-ethyl adjacent to an activating group) is 2. The summed E-state index contributed by atoms with van der Waals surface area (Å²) in [6.45, 7) is 3.00. The maximum atomic E-state index is 13.4. The van der Waals surface area contributed by atoms with Gasteiger partial charge in [-0.1, -0.05) is 59.6 Å². The first-order chi connectivity index (χ1) is 36.4. The number of aromatic nitrogens is 4. The molecule has 76 heavy (non-hydrogen) atoms. The molecule has 0 atom stereocenters. The molecule has 0 aliphatic carbocycles. The second-order valence-electron chi connectivity index (χ2n) is 17.8. The Balaban J connectivity index is 0.000000186. The van der Waals surface area contributed by atoms with Gasteiger partial charge in [-0.15, -0.1) is 0 Å². The van der Waals surface area contributed by atoms with Crippen molar-refractivity contribution < 1.29 is 35.9 Å². The molecule has 2 saturated heterocycles. The van der Waals surface area contributed by atoms with E-state index in [1.54, 1.807) is 97.1 Å². The number of anilines is 6. The van der Waals surface area contributed by atoms with Crippen molar-refractivity contribution in [1.29, 1.82) is 0 Å². The minimum Gasteiger partial charge on any atom is -0.497 e. The number of para-hydroxylation sites is 4. The maximum absolute atomic E-state index is 13.4. The zero-order chi connectivity index (χ0) is 53.7. The fourth-order valence-corrected chi connectivity index (χ4v) is 10.6. The summed E-state index contributed by atoms with van der Waals surface area (Å²) in [6, 6.07) is 36.0. The van der Waals surface area contributed by atoms with E-state index in [4.69, 9.17) is 32.7 Å². The van der Waals surface area contributed by atoms with Crippen LogP contribution in [0.25, 0.3) is 22.1 Å². The molecule has 0 saturated carbocycles. The Morgan fingerprint density at radius 1 is 0.500 bits per heavy atom. The van der Waals surface area contributed by atoms with E-state index < -0.39 is 20.0 Å². The quantitative estimate of drug-likeness (QED) is 0.0541. The Kier molecular flexibility index (Phi) is 15.7. The van der Waals surface area contributed by atoms with Crippen LogP contribution in [0, 0.1) is 0 Å². The molecule has 2 aromatic heterocycles. The average molecular weight is 1110 g/mol. The van der Waals surface area contributed by atoms with Crippen molar-refractivity contribution in [3.63, 3.8) is 0 Å². The first kappa shape index (κ1) is 53.0. The lowest BCUT2D eigenvalue weighted by Gasteiger charge is -2.36. The number of hydrogen-bond donors (Lipinski definition) is 6. The molecule has 0 spiro atoms. The number of carbonyl (C=O) groups is 2. The van der Waals surface area contributed by atoms with E-state index in [0.29, 0.717) is 55.0 Å². The lowest BCUT2D eigenvalue weighted by atomic mass is 10.1. The third kappa shape index (κ3) is 12.4. The molecule has 8 aromatic rings. The Labute approximate surface area is 448 Å². The number of hydrogen-bond acceptors (Lipinski definition) is 16.